The number of piperidine rings is 1. The van der Waals surface area contributed by atoms with E-state index in [2.05, 4.69) is 29.6 Å². The van der Waals surface area contributed by atoms with Crippen LogP contribution in [0.5, 0.6) is 0 Å². The molecule has 0 bridgehead atoms. The Bertz CT molecular complexity index is 1010. The fourth-order valence-corrected chi connectivity index (χ4v) is 4.93. The number of carbonyl (C=O) groups is 3. The van der Waals surface area contributed by atoms with Gasteiger partial charge in [0.1, 0.15) is 18.8 Å². The van der Waals surface area contributed by atoms with Gasteiger partial charge in [-0.1, -0.05) is 48.5 Å². The van der Waals surface area contributed by atoms with Crippen LogP contribution >= 0.6 is 0 Å². The maximum Gasteiger partial charge on any atom is 0.407 e. The molecular formula is C26H30N2O6. The summed E-state index contributed by atoms with van der Waals surface area (Å²) in [7, 11) is 1.41. The quantitative estimate of drug-likeness (QED) is 0.618. The summed E-state index contributed by atoms with van der Waals surface area (Å²) in [4.78, 5) is 38.1. The van der Waals surface area contributed by atoms with E-state index in [4.69, 9.17) is 9.47 Å². The van der Waals surface area contributed by atoms with Crippen LogP contribution in [-0.4, -0.2) is 66.9 Å². The number of ether oxygens (including phenoxy) is 2. The summed E-state index contributed by atoms with van der Waals surface area (Å²) in [5.74, 6) is -1.39. The van der Waals surface area contributed by atoms with E-state index < -0.39 is 24.2 Å². The molecule has 2 N–H and O–H groups in total. The van der Waals surface area contributed by atoms with E-state index in [1.54, 1.807) is 0 Å². The van der Waals surface area contributed by atoms with E-state index in [1.807, 2.05) is 24.3 Å². The number of aliphatic carboxylic acids is 1. The van der Waals surface area contributed by atoms with Crippen molar-refractivity contribution in [1.29, 1.82) is 0 Å². The van der Waals surface area contributed by atoms with Crippen molar-refractivity contribution < 1.29 is 29.0 Å². The molecule has 0 spiro atoms. The lowest BCUT2D eigenvalue weighted by Crippen LogP contribution is -2.52. The predicted octanol–water partition coefficient (Wildman–Crippen LogP) is 3.40. The van der Waals surface area contributed by atoms with Gasteiger partial charge in [-0.15, -0.1) is 0 Å². The van der Waals surface area contributed by atoms with E-state index in [9.17, 15) is 19.5 Å². The molecule has 1 unspecified atom stereocenters. The van der Waals surface area contributed by atoms with Crippen molar-refractivity contribution in [2.24, 2.45) is 0 Å². The van der Waals surface area contributed by atoms with Crippen molar-refractivity contribution in [3.63, 3.8) is 0 Å². The van der Waals surface area contributed by atoms with Gasteiger partial charge in [0.15, 0.2) is 0 Å². The molecule has 4 rings (SSSR count). The molecule has 0 radical (unpaired) electrons. The summed E-state index contributed by atoms with van der Waals surface area (Å²) in [6, 6.07) is 15.4. The lowest BCUT2D eigenvalue weighted by molar-refractivity contribution is -0.157. The highest BCUT2D eigenvalue weighted by Crippen LogP contribution is 2.44. The number of hydrogen-bond acceptors (Lipinski definition) is 5. The van der Waals surface area contributed by atoms with E-state index in [1.165, 1.54) is 12.0 Å². The van der Waals surface area contributed by atoms with Crippen molar-refractivity contribution in [3.05, 3.63) is 59.7 Å². The minimum absolute atomic E-state index is 0.0292. The molecule has 180 valence electrons. The second-order valence-corrected chi connectivity index (χ2v) is 8.65. The lowest BCUT2D eigenvalue weighted by atomic mass is 9.98. The van der Waals surface area contributed by atoms with Crippen molar-refractivity contribution in [3.8, 4) is 11.1 Å². The normalized spacial score (nSPS) is 18.0. The first-order valence-corrected chi connectivity index (χ1v) is 11.7. The van der Waals surface area contributed by atoms with E-state index in [0.717, 1.165) is 35.1 Å². The number of alkyl carbamates (subject to hydrolysis) is 1. The second kappa shape index (κ2) is 10.7. The zero-order valence-corrected chi connectivity index (χ0v) is 19.2. The Labute approximate surface area is 198 Å². The van der Waals surface area contributed by atoms with Crippen LogP contribution in [0.4, 0.5) is 4.79 Å². The highest BCUT2D eigenvalue weighted by molar-refractivity contribution is 5.86. The maximum atomic E-state index is 12.8. The molecule has 0 aromatic heterocycles. The number of hydrogen-bond donors (Lipinski definition) is 2. The molecule has 2 amide bonds. The number of benzene rings is 2. The molecule has 2 aromatic carbocycles. The SMILES string of the molecule is COC(CCNC(=O)OCC1c2ccccc2-c2ccccc21)C(=O)N1CCCC[C@H]1C(=O)O. The van der Waals surface area contributed by atoms with Crippen molar-refractivity contribution in [2.45, 2.75) is 43.7 Å². The monoisotopic (exact) mass is 466 g/mol. The largest absolute Gasteiger partial charge is 0.480 e. The standard InChI is InChI=1S/C26H30N2O6/c1-33-23(24(29)28-15-7-6-12-22(28)25(30)31)13-14-27-26(32)34-16-21-19-10-4-2-8-17(19)18-9-3-5-11-20(18)21/h2-5,8-11,21-23H,6-7,12-16H2,1H3,(H,27,32)(H,30,31)/t22-,23?/m0/s1. The molecule has 2 aromatic rings. The van der Waals surface area contributed by atoms with Gasteiger partial charge >= 0.3 is 12.1 Å². The molecular weight excluding hydrogens is 436 g/mol. The number of carboxylic acid groups (broad SMARTS) is 1. The van der Waals surface area contributed by atoms with Crippen LogP contribution in [-0.2, 0) is 19.1 Å². The Morgan fingerprint density at radius 2 is 1.71 bits per heavy atom. The van der Waals surface area contributed by atoms with Gasteiger partial charge in [-0.3, -0.25) is 4.79 Å². The molecule has 1 saturated heterocycles. The Morgan fingerprint density at radius 3 is 2.32 bits per heavy atom. The van der Waals surface area contributed by atoms with Gasteiger partial charge in [-0.05, 0) is 41.5 Å². The molecule has 1 fully saturated rings. The van der Waals surface area contributed by atoms with Gasteiger partial charge in [0.2, 0.25) is 0 Å². The lowest BCUT2D eigenvalue weighted by Gasteiger charge is -2.35. The molecule has 8 heteroatoms. The van der Waals surface area contributed by atoms with E-state index >= 15 is 0 Å². The first kappa shape index (κ1) is 23.8. The number of methoxy groups -OCH3 is 1. The molecule has 2 atom stereocenters. The zero-order valence-electron chi connectivity index (χ0n) is 19.2. The summed E-state index contributed by atoms with van der Waals surface area (Å²) in [6.45, 7) is 0.780. The average molecular weight is 467 g/mol. The minimum atomic E-state index is -1.00. The molecule has 2 aliphatic rings. The van der Waals surface area contributed by atoms with Crippen LogP contribution in [0.25, 0.3) is 11.1 Å². The number of amides is 2. The minimum Gasteiger partial charge on any atom is -0.480 e. The van der Waals surface area contributed by atoms with Crippen molar-refractivity contribution >= 4 is 18.0 Å². The Hall–Kier alpha value is -3.39. The fraction of sp³-hybridized carbons (Fsp3) is 0.423. The summed E-state index contributed by atoms with van der Waals surface area (Å²) in [6.07, 6.45) is 0.822. The zero-order chi connectivity index (χ0) is 24.1. The van der Waals surface area contributed by atoms with Gasteiger partial charge in [-0.25, -0.2) is 9.59 Å². The van der Waals surface area contributed by atoms with Gasteiger partial charge in [0.25, 0.3) is 5.91 Å². The Morgan fingerprint density at radius 1 is 1.06 bits per heavy atom. The van der Waals surface area contributed by atoms with Crippen LogP contribution in [0, 0.1) is 0 Å². The van der Waals surface area contributed by atoms with Crippen LogP contribution in [0.15, 0.2) is 48.5 Å². The van der Waals surface area contributed by atoms with Crippen LogP contribution in [0.2, 0.25) is 0 Å². The molecule has 8 nitrogen and oxygen atoms in total. The molecule has 1 heterocycles. The molecule has 1 aliphatic carbocycles. The topological polar surface area (TPSA) is 105 Å². The number of carboxylic acids is 1. The smallest absolute Gasteiger partial charge is 0.407 e. The number of fused-ring (bicyclic) bond motifs is 3. The number of nitrogens with zero attached hydrogens (tertiary/aromatic N) is 1. The van der Waals surface area contributed by atoms with Gasteiger partial charge in [0.05, 0.1) is 0 Å². The average Bonchev–Trinajstić information content (AvgIpc) is 3.18. The van der Waals surface area contributed by atoms with E-state index in [-0.39, 0.29) is 31.4 Å². The summed E-state index contributed by atoms with van der Waals surface area (Å²) >= 11 is 0. The number of nitrogens with one attached hydrogen (secondary N) is 1. The Kier molecular flexibility index (Phi) is 7.47. The van der Waals surface area contributed by atoms with E-state index in [0.29, 0.717) is 13.0 Å². The van der Waals surface area contributed by atoms with Crippen molar-refractivity contribution in [2.75, 3.05) is 26.8 Å². The van der Waals surface area contributed by atoms with Crippen LogP contribution in [0.3, 0.4) is 0 Å². The highest BCUT2D eigenvalue weighted by atomic mass is 16.5. The van der Waals surface area contributed by atoms with Crippen LogP contribution in [0.1, 0.15) is 42.7 Å². The highest BCUT2D eigenvalue weighted by Gasteiger charge is 2.35. The van der Waals surface area contributed by atoms with Crippen LogP contribution < -0.4 is 5.32 Å². The third kappa shape index (κ3) is 4.92. The third-order valence-electron chi connectivity index (χ3n) is 6.65. The summed E-state index contributed by atoms with van der Waals surface area (Å²) < 4.78 is 10.8. The summed E-state index contributed by atoms with van der Waals surface area (Å²) in [5.41, 5.74) is 4.59. The number of likely N-dealkylation sites (tertiary alicyclic amines) is 1. The summed E-state index contributed by atoms with van der Waals surface area (Å²) in [5, 5.41) is 12.1. The second-order valence-electron chi connectivity index (χ2n) is 8.65. The molecule has 34 heavy (non-hydrogen) atoms. The Balaban J connectivity index is 1.29. The number of carbonyl (C=O) groups excluding carboxylic acids is 2. The van der Waals surface area contributed by atoms with Crippen molar-refractivity contribution in [1.82, 2.24) is 10.2 Å². The first-order chi connectivity index (χ1) is 16.5. The molecule has 0 saturated carbocycles. The fourth-order valence-electron chi connectivity index (χ4n) is 4.93. The van der Waals surface area contributed by atoms with Gasteiger partial charge in [-0.2, -0.15) is 0 Å². The molecule has 1 aliphatic heterocycles. The third-order valence-corrected chi connectivity index (χ3v) is 6.65. The van der Waals surface area contributed by atoms with Gasteiger partial charge < -0.3 is 24.8 Å². The van der Waals surface area contributed by atoms with Gasteiger partial charge in [0, 0.05) is 32.5 Å². The first-order valence-electron chi connectivity index (χ1n) is 11.7. The maximum absolute atomic E-state index is 12.8. The number of rotatable bonds is 8. The predicted molar refractivity (Wildman–Crippen MR) is 125 cm³/mol.